The van der Waals surface area contributed by atoms with Crippen LogP contribution in [0.1, 0.15) is 11.7 Å². The number of carbonyl (C=O) groups is 1. The Morgan fingerprint density at radius 3 is 2.70 bits per heavy atom. The number of halogens is 3. The van der Waals surface area contributed by atoms with Crippen LogP contribution in [0.2, 0.25) is 0 Å². The second kappa shape index (κ2) is 6.13. The van der Waals surface area contributed by atoms with Crippen molar-refractivity contribution in [3.05, 3.63) is 35.9 Å². The van der Waals surface area contributed by atoms with Crippen molar-refractivity contribution in [2.75, 3.05) is 26.3 Å². The average molecular weight is 289 g/mol. The highest BCUT2D eigenvalue weighted by Crippen LogP contribution is 2.23. The third-order valence-electron chi connectivity index (χ3n) is 2.86. The first-order valence-corrected chi connectivity index (χ1v) is 6.11. The van der Waals surface area contributed by atoms with Gasteiger partial charge in [0.1, 0.15) is 6.10 Å². The van der Waals surface area contributed by atoms with Gasteiger partial charge in [0.25, 0.3) is 0 Å². The number of hydrogen-bond donors (Lipinski definition) is 0. The van der Waals surface area contributed by atoms with E-state index in [-0.39, 0.29) is 25.8 Å². The van der Waals surface area contributed by atoms with E-state index >= 15 is 0 Å². The Morgan fingerprint density at radius 1 is 1.35 bits per heavy atom. The van der Waals surface area contributed by atoms with Crippen LogP contribution in [0.15, 0.2) is 30.3 Å². The van der Waals surface area contributed by atoms with Gasteiger partial charge in [-0.3, -0.25) is 0 Å². The number of ether oxygens (including phenoxy) is 2. The van der Waals surface area contributed by atoms with E-state index < -0.39 is 18.9 Å². The number of rotatable bonds is 2. The van der Waals surface area contributed by atoms with E-state index in [2.05, 4.69) is 4.74 Å². The zero-order valence-electron chi connectivity index (χ0n) is 10.6. The molecule has 1 aliphatic rings. The van der Waals surface area contributed by atoms with Crippen LogP contribution in [0.3, 0.4) is 0 Å². The van der Waals surface area contributed by atoms with Crippen LogP contribution in [0.5, 0.6) is 0 Å². The normalized spacial score (nSPS) is 19.8. The predicted molar refractivity (Wildman–Crippen MR) is 64.1 cm³/mol. The van der Waals surface area contributed by atoms with E-state index in [0.29, 0.717) is 0 Å². The fraction of sp³-hybridized carbons (Fsp3) is 0.462. The molecule has 0 aromatic heterocycles. The second-order valence-corrected chi connectivity index (χ2v) is 4.39. The Kier molecular flexibility index (Phi) is 4.49. The molecule has 0 aliphatic carbocycles. The summed E-state index contributed by atoms with van der Waals surface area (Å²) in [5.74, 6) is 0. The highest BCUT2D eigenvalue weighted by atomic mass is 19.4. The lowest BCUT2D eigenvalue weighted by Gasteiger charge is -2.32. The molecular weight excluding hydrogens is 275 g/mol. The summed E-state index contributed by atoms with van der Waals surface area (Å²) in [6, 6.07) is 9.20. The number of hydrogen-bond acceptors (Lipinski definition) is 3. The molecule has 0 radical (unpaired) electrons. The van der Waals surface area contributed by atoms with Gasteiger partial charge in [-0.1, -0.05) is 30.3 Å². The summed E-state index contributed by atoms with van der Waals surface area (Å²) in [5, 5.41) is 0. The predicted octanol–water partition coefficient (Wildman–Crippen LogP) is 2.76. The Morgan fingerprint density at radius 2 is 2.05 bits per heavy atom. The van der Waals surface area contributed by atoms with Crippen molar-refractivity contribution >= 4 is 6.09 Å². The average Bonchev–Trinajstić information content (AvgIpc) is 2.45. The van der Waals surface area contributed by atoms with Crippen LogP contribution < -0.4 is 0 Å². The topological polar surface area (TPSA) is 38.8 Å². The van der Waals surface area contributed by atoms with E-state index in [4.69, 9.17) is 4.74 Å². The molecule has 1 unspecified atom stereocenters. The van der Waals surface area contributed by atoms with E-state index in [1.54, 1.807) is 0 Å². The van der Waals surface area contributed by atoms with Gasteiger partial charge in [-0.25, -0.2) is 4.79 Å². The summed E-state index contributed by atoms with van der Waals surface area (Å²) in [6.07, 6.45) is -5.82. The zero-order valence-corrected chi connectivity index (χ0v) is 10.6. The van der Waals surface area contributed by atoms with Crippen molar-refractivity contribution in [2.24, 2.45) is 0 Å². The second-order valence-electron chi connectivity index (χ2n) is 4.39. The molecule has 4 nitrogen and oxygen atoms in total. The van der Waals surface area contributed by atoms with Crippen LogP contribution in [0.4, 0.5) is 18.0 Å². The van der Waals surface area contributed by atoms with Crippen molar-refractivity contribution in [3.8, 4) is 0 Å². The number of carbonyl (C=O) groups excluding carboxylic acids is 1. The molecule has 0 spiro atoms. The fourth-order valence-electron chi connectivity index (χ4n) is 1.92. The summed E-state index contributed by atoms with van der Waals surface area (Å²) in [7, 11) is 0. The van der Waals surface area contributed by atoms with Crippen LogP contribution in [0.25, 0.3) is 0 Å². The quantitative estimate of drug-likeness (QED) is 0.840. The highest BCUT2D eigenvalue weighted by molar-refractivity contribution is 5.67. The summed E-state index contributed by atoms with van der Waals surface area (Å²) in [4.78, 5) is 12.8. The molecule has 1 fully saturated rings. The molecular formula is C13H14F3NO3. The van der Waals surface area contributed by atoms with Crippen LogP contribution in [-0.2, 0) is 9.47 Å². The first kappa shape index (κ1) is 14.6. The Balaban J connectivity index is 1.92. The molecule has 0 saturated carbocycles. The van der Waals surface area contributed by atoms with Crippen molar-refractivity contribution in [3.63, 3.8) is 0 Å². The molecule has 0 N–H and O–H groups in total. The summed E-state index contributed by atoms with van der Waals surface area (Å²) in [5.41, 5.74) is 0.876. The minimum atomic E-state index is -4.51. The third-order valence-corrected chi connectivity index (χ3v) is 2.86. The van der Waals surface area contributed by atoms with Crippen molar-refractivity contribution in [1.82, 2.24) is 4.90 Å². The minimum Gasteiger partial charge on any atom is -0.440 e. The van der Waals surface area contributed by atoms with Gasteiger partial charge in [0, 0.05) is 6.54 Å². The molecule has 1 aromatic carbocycles. The van der Waals surface area contributed by atoms with E-state index in [0.717, 1.165) is 5.56 Å². The van der Waals surface area contributed by atoms with Gasteiger partial charge in [-0.05, 0) is 5.56 Å². The van der Waals surface area contributed by atoms with Gasteiger partial charge in [0.15, 0.2) is 6.61 Å². The lowest BCUT2D eigenvalue weighted by molar-refractivity contribution is -0.163. The summed E-state index contributed by atoms with van der Waals surface area (Å²) >= 11 is 0. The van der Waals surface area contributed by atoms with E-state index in [9.17, 15) is 18.0 Å². The Hall–Kier alpha value is -1.76. The molecule has 110 valence electrons. The molecule has 1 aromatic rings. The van der Waals surface area contributed by atoms with Gasteiger partial charge in [-0.2, -0.15) is 13.2 Å². The molecule has 1 aliphatic heterocycles. The molecule has 1 saturated heterocycles. The van der Waals surface area contributed by atoms with Crippen molar-refractivity contribution in [1.29, 1.82) is 0 Å². The standard InChI is InChI=1S/C13H14F3NO3/c14-13(15,16)9-20-12(18)17-6-7-19-11(8-17)10-4-2-1-3-5-10/h1-5,11H,6-9H2. The molecule has 1 heterocycles. The van der Waals surface area contributed by atoms with E-state index in [1.165, 1.54) is 4.90 Å². The number of amides is 1. The number of benzene rings is 1. The van der Waals surface area contributed by atoms with Crippen molar-refractivity contribution in [2.45, 2.75) is 12.3 Å². The van der Waals surface area contributed by atoms with E-state index in [1.807, 2.05) is 30.3 Å². The largest absolute Gasteiger partial charge is 0.440 e. The maximum absolute atomic E-state index is 12.0. The zero-order chi connectivity index (χ0) is 14.6. The van der Waals surface area contributed by atoms with Crippen LogP contribution in [-0.4, -0.2) is 43.5 Å². The summed E-state index contributed by atoms with van der Waals surface area (Å²) in [6.45, 7) is -0.902. The third kappa shape index (κ3) is 4.12. The number of alkyl halides is 3. The van der Waals surface area contributed by atoms with Crippen LogP contribution >= 0.6 is 0 Å². The Labute approximate surface area is 114 Å². The van der Waals surface area contributed by atoms with Gasteiger partial charge >= 0.3 is 12.3 Å². The molecule has 1 amide bonds. The first-order valence-electron chi connectivity index (χ1n) is 6.11. The number of nitrogens with zero attached hydrogens (tertiary/aromatic N) is 1. The Bertz CT molecular complexity index is 450. The molecule has 2 rings (SSSR count). The fourth-order valence-corrected chi connectivity index (χ4v) is 1.92. The lowest BCUT2D eigenvalue weighted by Crippen LogP contribution is -2.43. The molecule has 1 atom stereocenters. The molecule has 7 heteroatoms. The SMILES string of the molecule is O=C(OCC(F)(F)F)N1CCOC(c2ccccc2)C1. The summed E-state index contributed by atoms with van der Waals surface area (Å²) < 4.78 is 45.8. The minimum absolute atomic E-state index is 0.181. The molecule has 0 bridgehead atoms. The van der Waals surface area contributed by atoms with Crippen molar-refractivity contribution < 1.29 is 27.4 Å². The monoisotopic (exact) mass is 289 g/mol. The first-order chi connectivity index (χ1) is 9.46. The van der Waals surface area contributed by atoms with Gasteiger partial charge < -0.3 is 14.4 Å². The highest BCUT2D eigenvalue weighted by Gasteiger charge is 2.32. The van der Waals surface area contributed by atoms with Gasteiger partial charge in [-0.15, -0.1) is 0 Å². The maximum atomic E-state index is 12.0. The maximum Gasteiger partial charge on any atom is 0.422 e. The smallest absolute Gasteiger partial charge is 0.422 e. The molecule has 20 heavy (non-hydrogen) atoms. The number of morpholine rings is 1. The van der Waals surface area contributed by atoms with Gasteiger partial charge in [0.2, 0.25) is 0 Å². The lowest BCUT2D eigenvalue weighted by atomic mass is 10.1. The van der Waals surface area contributed by atoms with Gasteiger partial charge in [0.05, 0.1) is 13.2 Å². The van der Waals surface area contributed by atoms with Crippen LogP contribution in [0, 0.1) is 0 Å².